The van der Waals surface area contributed by atoms with Crippen molar-refractivity contribution in [3.63, 3.8) is 0 Å². The van der Waals surface area contributed by atoms with Crippen LogP contribution >= 0.6 is 27.5 Å². The van der Waals surface area contributed by atoms with Gasteiger partial charge in [0.25, 0.3) is 0 Å². The molecule has 3 nitrogen and oxygen atoms in total. The summed E-state index contributed by atoms with van der Waals surface area (Å²) < 4.78 is 5.16. The zero-order valence-corrected chi connectivity index (χ0v) is 13.0. The lowest BCUT2D eigenvalue weighted by Crippen LogP contribution is -2.05. The minimum atomic E-state index is 0.766. The van der Waals surface area contributed by atoms with Gasteiger partial charge in [-0.15, -0.1) is 0 Å². The maximum Gasteiger partial charge on any atom is 0.0739 e. The molecule has 0 aliphatic rings. The molecule has 98 valence electrons. The molecule has 1 aromatic carbocycles. The van der Waals surface area contributed by atoms with Crippen LogP contribution in [0, 0.1) is 6.92 Å². The number of hydrogen-bond donors (Lipinski definition) is 0. The number of rotatable bonds is 2. The number of aryl methyl sites for hydroxylation is 2. The van der Waals surface area contributed by atoms with E-state index in [0.717, 1.165) is 38.3 Å². The molecule has 5 heteroatoms. The van der Waals surface area contributed by atoms with E-state index in [4.69, 9.17) is 11.6 Å². The van der Waals surface area contributed by atoms with Crippen molar-refractivity contribution in [2.75, 3.05) is 0 Å². The van der Waals surface area contributed by atoms with E-state index in [0.29, 0.717) is 0 Å². The Morgan fingerprint density at radius 1 is 1.32 bits per heavy atom. The maximum absolute atomic E-state index is 6.20. The van der Waals surface area contributed by atoms with E-state index in [1.165, 1.54) is 0 Å². The Kier molecular flexibility index (Phi) is 3.15. The van der Waals surface area contributed by atoms with Gasteiger partial charge in [0, 0.05) is 29.2 Å². The summed E-state index contributed by atoms with van der Waals surface area (Å²) in [5.41, 5.74) is 3.29. The average molecular weight is 339 g/mol. The van der Waals surface area contributed by atoms with Crippen LogP contribution in [0.15, 0.2) is 34.9 Å². The number of halogens is 2. The van der Waals surface area contributed by atoms with Crippen LogP contribution in [-0.4, -0.2) is 14.3 Å². The first-order chi connectivity index (χ1) is 9.08. The molecular weight excluding hydrogens is 326 g/mol. The first-order valence-electron chi connectivity index (χ1n) is 5.99. The SMILES string of the molecule is Cc1nn(C)c(Cn2ccc3c(Cl)cccc32)c1Br. The third kappa shape index (κ3) is 2.09. The molecule has 0 N–H and O–H groups in total. The highest BCUT2D eigenvalue weighted by Gasteiger charge is 2.12. The molecule has 0 saturated heterocycles. The van der Waals surface area contributed by atoms with E-state index in [2.05, 4.69) is 43.9 Å². The van der Waals surface area contributed by atoms with Crippen LogP contribution in [0.3, 0.4) is 0 Å². The van der Waals surface area contributed by atoms with Crippen molar-refractivity contribution in [2.45, 2.75) is 13.5 Å². The molecule has 0 aliphatic carbocycles. The van der Waals surface area contributed by atoms with Crippen molar-refractivity contribution in [1.82, 2.24) is 14.3 Å². The van der Waals surface area contributed by atoms with E-state index < -0.39 is 0 Å². The number of aromatic nitrogens is 3. The molecular formula is C14H13BrClN3. The smallest absolute Gasteiger partial charge is 0.0739 e. The molecule has 0 spiro atoms. The van der Waals surface area contributed by atoms with Gasteiger partial charge in [-0.25, -0.2) is 0 Å². The van der Waals surface area contributed by atoms with Crippen LogP contribution in [-0.2, 0) is 13.6 Å². The Balaban J connectivity index is 2.09. The van der Waals surface area contributed by atoms with Crippen molar-refractivity contribution in [3.05, 3.63) is 51.3 Å². The van der Waals surface area contributed by atoms with Crippen LogP contribution in [0.5, 0.6) is 0 Å². The van der Waals surface area contributed by atoms with Gasteiger partial charge in [-0.3, -0.25) is 4.68 Å². The van der Waals surface area contributed by atoms with Crippen LogP contribution in [0.1, 0.15) is 11.4 Å². The fraction of sp³-hybridized carbons (Fsp3) is 0.214. The van der Waals surface area contributed by atoms with Gasteiger partial charge in [-0.2, -0.15) is 5.10 Å². The zero-order chi connectivity index (χ0) is 13.6. The molecule has 0 bridgehead atoms. The highest BCUT2D eigenvalue weighted by atomic mass is 79.9. The summed E-state index contributed by atoms with van der Waals surface area (Å²) in [6.45, 7) is 2.76. The van der Waals surface area contributed by atoms with Gasteiger partial charge in [-0.1, -0.05) is 17.7 Å². The van der Waals surface area contributed by atoms with E-state index in [1.807, 2.05) is 30.8 Å². The number of benzene rings is 1. The topological polar surface area (TPSA) is 22.8 Å². The van der Waals surface area contributed by atoms with Gasteiger partial charge in [0.1, 0.15) is 0 Å². The van der Waals surface area contributed by atoms with Crippen molar-refractivity contribution in [2.24, 2.45) is 7.05 Å². The number of fused-ring (bicyclic) bond motifs is 1. The van der Waals surface area contributed by atoms with E-state index in [9.17, 15) is 0 Å². The van der Waals surface area contributed by atoms with Gasteiger partial charge in [0.05, 0.1) is 22.4 Å². The predicted octanol–water partition coefficient (Wildman–Crippen LogP) is 4.15. The molecule has 3 rings (SSSR count). The summed E-state index contributed by atoms with van der Waals surface area (Å²) in [6, 6.07) is 8.02. The first-order valence-corrected chi connectivity index (χ1v) is 7.16. The van der Waals surface area contributed by atoms with Gasteiger partial charge in [0.15, 0.2) is 0 Å². The summed E-state index contributed by atoms with van der Waals surface area (Å²) in [5, 5.41) is 6.29. The number of hydrogen-bond acceptors (Lipinski definition) is 1. The van der Waals surface area contributed by atoms with Crippen molar-refractivity contribution < 1.29 is 0 Å². The second-order valence-corrected chi connectivity index (χ2v) is 5.79. The molecule has 0 unspecified atom stereocenters. The Morgan fingerprint density at radius 3 is 2.79 bits per heavy atom. The molecule has 0 fully saturated rings. The van der Waals surface area contributed by atoms with E-state index >= 15 is 0 Å². The second-order valence-electron chi connectivity index (χ2n) is 4.59. The zero-order valence-electron chi connectivity index (χ0n) is 10.7. The Morgan fingerprint density at radius 2 is 2.11 bits per heavy atom. The van der Waals surface area contributed by atoms with Crippen LogP contribution < -0.4 is 0 Å². The summed E-state index contributed by atoms with van der Waals surface area (Å²) in [5.74, 6) is 0. The maximum atomic E-state index is 6.20. The lowest BCUT2D eigenvalue weighted by Gasteiger charge is -2.07. The fourth-order valence-electron chi connectivity index (χ4n) is 2.34. The van der Waals surface area contributed by atoms with Gasteiger partial charge < -0.3 is 4.57 Å². The van der Waals surface area contributed by atoms with Gasteiger partial charge in [-0.05, 0) is 41.1 Å². The van der Waals surface area contributed by atoms with Gasteiger partial charge in [0.2, 0.25) is 0 Å². The second kappa shape index (κ2) is 4.69. The normalized spacial score (nSPS) is 11.4. The molecule has 0 aliphatic heterocycles. The fourth-order valence-corrected chi connectivity index (χ4v) is 3.03. The molecule has 19 heavy (non-hydrogen) atoms. The summed E-state index contributed by atoms with van der Waals surface area (Å²) in [6.07, 6.45) is 2.06. The van der Waals surface area contributed by atoms with Crippen LogP contribution in [0.25, 0.3) is 10.9 Å². The third-order valence-electron chi connectivity index (χ3n) is 3.34. The molecule has 3 aromatic rings. The lowest BCUT2D eigenvalue weighted by atomic mass is 10.2. The molecule has 0 radical (unpaired) electrons. The lowest BCUT2D eigenvalue weighted by molar-refractivity contribution is 0.672. The Hall–Kier alpha value is -1.26. The molecule has 0 atom stereocenters. The predicted molar refractivity (Wildman–Crippen MR) is 81.7 cm³/mol. The summed E-state index contributed by atoms with van der Waals surface area (Å²) in [7, 11) is 1.96. The van der Waals surface area contributed by atoms with Gasteiger partial charge >= 0.3 is 0 Å². The minimum absolute atomic E-state index is 0.766. The summed E-state index contributed by atoms with van der Waals surface area (Å²) >= 11 is 9.80. The quantitative estimate of drug-likeness (QED) is 0.688. The monoisotopic (exact) mass is 337 g/mol. The first kappa shape index (κ1) is 12.8. The number of nitrogens with zero attached hydrogens (tertiary/aromatic N) is 3. The highest BCUT2D eigenvalue weighted by Crippen LogP contribution is 2.27. The summed E-state index contributed by atoms with van der Waals surface area (Å²) in [4.78, 5) is 0. The Bertz CT molecular complexity index is 757. The average Bonchev–Trinajstić information content (AvgIpc) is 2.88. The highest BCUT2D eigenvalue weighted by molar-refractivity contribution is 9.10. The van der Waals surface area contributed by atoms with Crippen molar-refractivity contribution in [3.8, 4) is 0 Å². The van der Waals surface area contributed by atoms with Crippen LogP contribution in [0.2, 0.25) is 5.02 Å². The molecule has 0 saturated carbocycles. The standard InChI is InChI=1S/C14H13BrClN3/c1-9-14(15)13(18(2)17-9)8-19-7-6-10-11(16)4-3-5-12(10)19/h3-7H,8H2,1-2H3. The third-order valence-corrected chi connectivity index (χ3v) is 4.70. The largest absolute Gasteiger partial charge is 0.341 e. The van der Waals surface area contributed by atoms with Crippen molar-refractivity contribution >= 4 is 38.4 Å². The van der Waals surface area contributed by atoms with E-state index in [1.54, 1.807) is 0 Å². The minimum Gasteiger partial charge on any atom is -0.341 e. The van der Waals surface area contributed by atoms with Crippen molar-refractivity contribution in [1.29, 1.82) is 0 Å². The molecule has 2 heterocycles. The van der Waals surface area contributed by atoms with Crippen LogP contribution in [0.4, 0.5) is 0 Å². The molecule has 0 amide bonds. The van der Waals surface area contributed by atoms with E-state index in [-0.39, 0.29) is 0 Å². The Labute approximate surface area is 124 Å². The molecule has 2 aromatic heterocycles.